The number of ether oxygens (including phenoxy) is 1. The van der Waals surface area contributed by atoms with Crippen LogP contribution in [0.5, 0.6) is 0 Å². The number of piperidine rings is 1. The number of rotatable bonds is 3. The molecule has 1 saturated heterocycles. The zero-order valence-electron chi connectivity index (χ0n) is 15.5. The molecule has 11 heteroatoms. The molecule has 1 fully saturated rings. The number of aliphatic carboxylic acids is 1. The molecule has 3 atom stereocenters. The summed E-state index contributed by atoms with van der Waals surface area (Å²) in [6.07, 6.45) is -5.37. The van der Waals surface area contributed by atoms with Crippen LogP contribution in [-0.2, 0) is 30.5 Å². The monoisotopic (exact) mass is 433 g/mol. The molecule has 1 aromatic carbocycles. The molecule has 3 rings (SSSR count). The van der Waals surface area contributed by atoms with Gasteiger partial charge in [-0.05, 0) is 25.5 Å². The maximum Gasteiger partial charge on any atom is 0.417 e. The summed E-state index contributed by atoms with van der Waals surface area (Å²) >= 11 is 0. The van der Waals surface area contributed by atoms with Crippen LogP contribution in [-0.4, -0.2) is 36.4 Å². The second-order valence-electron chi connectivity index (χ2n) is 7.16. The van der Waals surface area contributed by atoms with Crippen LogP contribution in [0, 0.1) is 11.3 Å². The summed E-state index contributed by atoms with van der Waals surface area (Å²) in [6.45, 7) is 6.39. The van der Waals surface area contributed by atoms with Crippen molar-refractivity contribution in [1.29, 1.82) is 0 Å². The van der Waals surface area contributed by atoms with Gasteiger partial charge in [-0.15, -0.1) is 0 Å². The molecule has 0 spiro atoms. The second kappa shape index (κ2) is 6.48. The van der Waals surface area contributed by atoms with E-state index in [1.165, 1.54) is 13.8 Å². The first-order valence-electron chi connectivity index (χ1n) is 8.60. The summed E-state index contributed by atoms with van der Waals surface area (Å²) < 4.78 is 72.2. The van der Waals surface area contributed by atoms with E-state index in [-0.39, 0.29) is 17.9 Å². The predicted octanol–water partition coefficient (Wildman–Crippen LogP) is 2.94. The second-order valence-corrected chi connectivity index (χ2v) is 8.92. The number of sulfonamides is 1. The highest BCUT2D eigenvalue weighted by Gasteiger charge is 2.63. The highest BCUT2D eigenvalue weighted by molar-refractivity contribution is 7.89. The fraction of sp³-hybridized carbons (Fsp3) is 0.444. The fourth-order valence-electron chi connectivity index (χ4n) is 4.22. The first kappa shape index (κ1) is 21.2. The van der Waals surface area contributed by atoms with E-state index < -0.39 is 62.4 Å². The van der Waals surface area contributed by atoms with Crippen molar-refractivity contribution >= 4 is 22.0 Å². The minimum absolute atomic E-state index is 0.0469. The third kappa shape index (κ3) is 2.90. The minimum Gasteiger partial charge on any atom is -0.481 e. The summed E-state index contributed by atoms with van der Waals surface area (Å²) in [5.41, 5.74) is -3.61. The molecule has 0 aromatic heterocycles. The molecular formula is C18H18F3NO6S. The number of carbonyl (C=O) groups is 2. The number of carbonyl (C=O) groups excluding carboxylic acids is 1. The van der Waals surface area contributed by atoms with Gasteiger partial charge in [0.25, 0.3) is 10.0 Å². The summed E-state index contributed by atoms with van der Waals surface area (Å²) in [7, 11) is -4.73. The van der Waals surface area contributed by atoms with Gasteiger partial charge in [-0.3, -0.25) is 13.9 Å². The number of nitrogens with zero attached hydrogens (tertiary/aromatic N) is 1. The predicted molar refractivity (Wildman–Crippen MR) is 92.8 cm³/mol. The van der Waals surface area contributed by atoms with Gasteiger partial charge < -0.3 is 9.84 Å². The van der Waals surface area contributed by atoms with Gasteiger partial charge in [0, 0.05) is 12.1 Å². The van der Waals surface area contributed by atoms with E-state index in [0.29, 0.717) is 10.4 Å². The van der Waals surface area contributed by atoms with Gasteiger partial charge in [0.05, 0.1) is 29.5 Å². The Balaban J connectivity index is 2.33. The molecular weight excluding hydrogens is 415 g/mol. The molecule has 0 saturated carbocycles. The third-order valence-electron chi connectivity index (χ3n) is 5.33. The van der Waals surface area contributed by atoms with Gasteiger partial charge >= 0.3 is 18.1 Å². The number of benzene rings is 1. The normalized spacial score (nSPS) is 27.9. The van der Waals surface area contributed by atoms with Gasteiger partial charge in [-0.25, -0.2) is 8.42 Å². The Morgan fingerprint density at radius 2 is 2.00 bits per heavy atom. The number of fused-ring (bicyclic) bond motifs is 3. The Kier molecular flexibility index (Phi) is 4.72. The highest BCUT2D eigenvalue weighted by atomic mass is 32.2. The van der Waals surface area contributed by atoms with Crippen LogP contribution in [0.3, 0.4) is 0 Å². The zero-order valence-corrected chi connectivity index (χ0v) is 16.3. The van der Waals surface area contributed by atoms with Crippen LogP contribution in [0.15, 0.2) is 35.4 Å². The maximum absolute atomic E-state index is 13.5. The van der Waals surface area contributed by atoms with E-state index in [1.807, 2.05) is 0 Å². The molecule has 29 heavy (non-hydrogen) atoms. The number of hydrogen-bond acceptors (Lipinski definition) is 5. The Hall–Kier alpha value is -2.56. The highest BCUT2D eigenvalue weighted by Crippen LogP contribution is 2.58. The number of carboxylic acid groups (broad SMARTS) is 1. The first-order chi connectivity index (χ1) is 13.3. The molecule has 0 aliphatic carbocycles. The Labute approximate surface area is 164 Å². The quantitative estimate of drug-likeness (QED) is 0.736. The lowest BCUT2D eigenvalue weighted by atomic mass is 9.66. The van der Waals surface area contributed by atoms with Crippen molar-refractivity contribution in [2.45, 2.75) is 37.4 Å². The molecule has 0 amide bonds. The van der Waals surface area contributed by atoms with E-state index in [2.05, 4.69) is 6.58 Å². The van der Waals surface area contributed by atoms with E-state index in [0.717, 1.165) is 12.1 Å². The van der Waals surface area contributed by atoms with E-state index in [4.69, 9.17) is 4.74 Å². The van der Waals surface area contributed by atoms with Crippen molar-refractivity contribution in [3.05, 3.63) is 41.6 Å². The van der Waals surface area contributed by atoms with Gasteiger partial charge in [0.2, 0.25) is 0 Å². The van der Waals surface area contributed by atoms with Crippen molar-refractivity contribution < 1.29 is 41.0 Å². The molecule has 2 heterocycles. The largest absolute Gasteiger partial charge is 0.481 e. The van der Waals surface area contributed by atoms with Crippen LogP contribution in [0.4, 0.5) is 13.2 Å². The average Bonchev–Trinajstić information content (AvgIpc) is 2.82. The van der Waals surface area contributed by atoms with Crippen LogP contribution in [0.1, 0.15) is 37.4 Å². The van der Waals surface area contributed by atoms with Gasteiger partial charge in [0.1, 0.15) is 4.90 Å². The minimum atomic E-state index is -4.97. The van der Waals surface area contributed by atoms with Gasteiger partial charge in [-0.1, -0.05) is 18.7 Å². The van der Waals surface area contributed by atoms with Crippen LogP contribution in [0.2, 0.25) is 0 Å². The lowest BCUT2D eigenvalue weighted by Crippen LogP contribution is -2.52. The Morgan fingerprint density at radius 1 is 1.38 bits per heavy atom. The van der Waals surface area contributed by atoms with Crippen molar-refractivity contribution in [2.24, 2.45) is 11.3 Å². The number of carboxylic acids is 1. The SMILES string of the molecule is C=C1CC(C)(C(=O)OCC)C(C(=O)O)C2c3cccc(C(F)(F)F)c3S(=O)(=O)N12. The van der Waals surface area contributed by atoms with Crippen LogP contribution in [0.25, 0.3) is 0 Å². The van der Waals surface area contributed by atoms with Crippen molar-refractivity contribution in [2.75, 3.05) is 6.61 Å². The number of esters is 1. The maximum atomic E-state index is 13.5. The molecule has 3 unspecified atom stereocenters. The molecule has 2 aliphatic rings. The van der Waals surface area contributed by atoms with E-state index in [1.54, 1.807) is 0 Å². The molecule has 1 aromatic rings. The fourth-order valence-corrected chi connectivity index (χ4v) is 6.30. The van der Waals surface area contributed by atoms with Crippen molar-refractivity contribution in [3.8, 4) is 0 Å². The average molecular weight is 433 g/mol. The summed E-state index contributed by atoms with van der Waals surface area (Å²) in [4.78, 5) is 23.7. The van der Waals surface area contributed by atoms with E-state index >= 15 is 0 Å². The smallest absolute Gasteiger partial charge is 0.417 e. The lowest BCUT2D eigenvalue weighted by molar-refractivity contribution is -0.171. The van der Waals surface area contributed by atoms with Crippen molar-refractivity contribution in [3.63, 3.8) is 0 Å². The van der Waals surface area contributed by atoms with Crippen molar-refractivity contribution in [1.82, 2.24) is 4.31 Å². The summed E-state index contributed by atoms with van der Waals surface area (Å²) in [5, 5.41) is 9.87. The number of hydrogen-bond donors (Lipinski definition) is 1. The number of allylic oxidation sites excluding steroid dienone is 1. The first-order valence-corrected chi connectivity index (χ1v) is 10.0. The zero-order chi connectivity index (χ0) is 21.9. The number of alkyl halides is 3. The molecule has 2 aliphatic heterocycles. The molecule has 0 bridgehead atoms. The van der Waals surface area contributed by atoms with E-state index in [9.17, 15) is 36.3 Å². The Bertz CT molecular complexity index is 1020. The van der Waals surface area contributed by atoms with Crippen LogP contribution < -0.4 is 0 Å². The third-order valence-corrected chi connectivity index (χ3v) is 7.31. The molecule has 7 nitrogen and oxygen atoms in total. The number of halogens is 3. The molecule has 0 radical (unpaired) electrons. The molecule has 158 valence electrons. The Morgan fingerprint density at radius 3 is 2.52 bits per heavy atom. The summed E-state index contributed by atoms with van der Waals surface area (Å²) in [6, 6.07) is 1.22. The van der Waals surface area contributed by atoms with Gasteiger partial charge in [0.15, 0.2) is 0 Å². The summed E-state index contributed by atoms with van der Waals surface area (Å²) in [5.74, 6) is -4.08. The van der Waals surface area contributed by atoms with Gasteiger partial charge in [-0.2, -0.15) is 13.2 Å². The standard InChI is InChI=1S/C18H18F3NO6S/c1-4-28-16(25)17(3)8-9(2)22-13(12(17)15(23)24)10-6-5-7-11(18(19,20)21)14(10)29(22,26)27/h5-7,12-13H,2,4,8H2,1,3H3,(H,23,24). The molecule has 1 N–H and O–H groups in total. The van der Waals surface area contributed by atoms with Crippen LogP contribution >= 0.6 is 0 Å². The lowest BCUT2D eigenvalue weighted by Gasteiger charge is -2.45. The topological polar surface area (TPSA) is 101 Å².